The van der Waals surface area contributed by atoms with Crippen LogP contribution in [0.1, 0.15) is 40.4 Å². The van der Waals surface area contributed by atoms with Crippen molar-refractivity contribution in [2.24, 2.45) is 0 Å². The minimum Gasteiger partial charge on any atom is -0.469 e. The second-order valence-corrected chi connectivity index (χ2v) is 6.88. The number of rotatable bonds is 5. The molecule has 0 saturated heterocycles. The molecule has 1 atom stereocenters. The van der Waals surface area contributed by atoms with E-state index in [4.69, 9.17) is 10.2 Å². The van der Waals surface area contributed by atoms with Crippen LogP contribution in [0.3, 0.4) is 0 Å². The highest BCUT2D eigenvalue weighted by molar-refractivity contribution is 6.09. The number of benzene rings is 2. The van der Waals surface area contributed by atoms with Gasteiger partial charge in [0, 0.05) is 35.2 Å². The largest absolute Gasteiger partial charge is 0.469 e. The number of carbonyl (C=O) groups is 2. The molecule has 3 N–H and O–H groups in total. The third kappa shape index (κ3) is 3.74. The van der Waals surface area contributed by atoms with Gasteiger partial charge in [-0.25, -0.2) is 0 Å². The molecule has 140 valence electrons. The Balaban J connectivity index is 1.57. The molecule has 1 aromatic heterocycles. The molecule has 1 heterocycles. The number of carbonyl (C=O) groups excluding carboxylic acids is 2. The Labute approximate surface area is 162 Å². The van der Waals surface area contributed by atoms with Gasteiger partial charge < -0.3 is 15.5 Å². The fourth-order valence-electron chi connectivity index (χ4n) is 3.44. The van der Waals surface area contributed by atoms with Crippen LogP contribution in [0.4, 0.5) is 11.4 Å². The predicted octanol–water partition coefficient (Wildman–Crippen LogP) is 4.54. The number of anilines is 2. The van der Waals surface area contributed by atoms with Gasteiger partial charge in [-0.2, -0.15) is 0 Å². The van der Waals surface area contributed by atoms with Crippen LogP contribution >= 0.6 is 0 Å². The monoisotopic (exact) mass is 372 g/mol. The SMILES string of the molecule is Nc1ccc(C(=O)c2ccccc2)cc1NC1=CC(=O)CC(c2ccco2)C1. The van der Waals surface area contributed by atoms with Gasteiger partial charge in [0.2, 0.25) is 0 Å². The summed E-state index contributed by atoms with van der Waals surface area (Å²) in [6, 6.07) is 17.9. The average molecular weight is 372 g/mol. The van der Waals surface area contributed by atoms with Crippen LogP contribution in [0.15, 0.2) is 83.1 Å². The highest BCUT2D eigenvalue weighted by Crippen LogP contribution is 2.33. The zero-order valence-corrected chi connectivity index (χ0v) is 15.2. The zero-order chi connectivity index (χ0) is 19.5. The normalized spacial score (nSPS) is 16.5. The van der Waals surface area contributed by atoms with Crippen molar-refractivity contribution < 1.29 is 14.0 Å². The first kappa shape index (κ1) is 17.8. The zero-order valence-electron chi connectivity index (χ0n) is 15.2. The van der Waals surface area contributed by atoms with E-state index in [1.807, 2.05) is 30.3 Å². The smallest absolute Gasteiger partial charge is 0.193 e. The third-order valence-electron chi connectivity index (χ3n) is 4.84. The molecule has 5 heteroatoms. The summed E-state index contributed by atoms with van der Waals surface area (Å²) in [4.78, 5) is 24.9. The molecule has 0 saturated carbocycles. The molecule has 5 nitrogen and oxygen atoms in total. The van der Waals surface area contributed by atoms with E-state index >= 15 is 0 Å². The number of hydrogen-bond acceptors (Lipinski definition) is 5. The lowest BCUT2D eigenvalue weighted by molar-refractivity contribution is -0.115. The van der Waals surface area contributed by atoms with Crippen molar-refractivity contribution in [2.45, 2.75) is 18.8 Å². The molecule has 1 aliphatic rings. The topological polar surface area (TPSA) is 85.3 Å². The maximum atomic E-state index is 12.7. The van der Waals surface area contributed by atoms with Gasteiger partial charge in [-0.3, -0.25) is 9.59 Å². The van der Waals surface area contributed by atoms with Gasteiger partial charge in [0.15, 0.2) is 11.6 Å². The third-order valence-corrected chi connectivity index (χ3v) is 4.84. The highest BCUT2D eigenvalue weighted by Gasteiger charge is 2.24. The molecule has 4 rings (SSSR count). The van der Waals surface area contributed by atoms with Crippen molar-refractivity contribution in [3.05, 3.63) is 95.6 Å². The number of nitrogens with one attached hydrogen (secondary N) is 1. The number of ketones is 2. The number of furan rings is 1. The highest BCUT2D eigenvalue weighted by atomic mass is 16.3. The van der Waals surface area contributed by atoms with E-state index in [2.05, 4.69) is 5.32 Å². The van der Waals surface area contributed by atoms with E-state index in [0.29, 0.717) is 35.3 Å². The van der Waals surface area contributed by atoms with Crippen molar-refractivity contribution in [3.8, 4) is 0 Å². The van der Waals surface area contributed by atoms with Crippen molar-refractivity contribution >= 4 is 22.9 Å². The summed E-state index contributed by atoms with van der Waals surface area (Å²) in [6.07, 6.45) is 4.27. The standard InChI is InChI=1S/C23H20N2O3/c24-20-9-8-16(23(27)15-5-2-1-3-6-15)13-21(20)25-18-11-17(12-19(26)14-18)22-7-4-10-28-22/h1-10,13-14,17,25H,11-12,24H2. The molecule has 1 unspecified atom stereocenters. The van der Waals surface area contributed by atoms with Gasteiger partial charge in [-0.05, 0) is 36.8 Å². The molecule has 0 fully saturated rings. The second-order valence-electron chi connectivity index (χ2n) is 6.88. The average Bonchev–Trinajstić information content (AvgIpc) is 3.24. The molecule has 2 aromatic carbocycles. The Morgan fingerprint density at radius 1 is 1.00 bits per heavy atom. The molecule has 28 heavy (non-hydrogen) atoms. The fraction of sp³-hybridized carbons (Fsp3) is 0.130. The summed E-state index contributed by atoms with van der Waals surface area (Å²) >= 11 is 0. The van der Waals surface area contributed by atoms with Gasteiger partial charge in [-0.15, -0.1) is 0 Å². The molecule has 3 aromatic rings. The van der Waals surface area contributed by atoms with Gasteiger partial charge in [0.05, 0.1) is 17.6 Å². The predicted molar refractivity (Wildman–Crippen MR) is 108 cm³/mol. The number of allylic oxidation sites excluding steroid dienone is 2. The van der Waals surface area contributed by atoms with Crippen LogP contribution in [0.2, 0.25) is 0 Å². The van der Waals surface area contributed by atoms with Crippen molar-refractivity contribution in [1.82, 2.24) is 0 Å². The van der Waals surface area contributed by atoms with Crippen LogP contribution in [0.5, 0.6) is 0 Å². The van der Waals surface area contributed by atoms with Crippen molar-refractivity contribution in [1.29, 1.82) is 0 Å². The molecule has 0 aliphatic heterocycles. The minimum absolute atomic E-state index is 0.00893. The molecule has 0 amide bonds. The van der Waals surface area contributed by atoms with Gasteiger partial charge >= 0.3 is 0 Å². The lowest BCUT2D eigenvalue weighted by atomic mass is 9.89. The van der Waals surface area contributed by atoms with E-state index in [1.54, 1.807) is 42.7 Å². The molecular formula is C23H20N2O3. The Morgan fingerprint density at radius 3 is 2.57 bits per heavy atom. The van der Waals surface area contributed by atoms with Gasteiger partial charge in [0.25, 0.3) is 0 Å². The van der Waals surface area contributed by atoms with E-state index < -0.39 is 0 Å². The second kappa shape index (κ2) is 7.56. The summed E-state index contributed by atoms with van der Waals surface area (Å²) in [6.45, 7) is 0. The van der Waals surface area contributed by atoms with Crippen LogP contribution in [-0.4, -0.2) is 11.6 Å². The van der Waals surface area contributed by atoms with E-state index in [1.165, 1.54) is 0 Å². The van der Waals surface area contributed by atoms with E-state index in [9.17, 15) is 9.59 Å². The lowest BCUT2D eigenvalue weighted by Crippen LogP contribution is -2.17. The van der Waals surface area contributed by atoms with Crippen LogP contribution in [-0.2, 0) is 4.79 Å². The van der Waals surface area contributed by atoms with Crippen molar-refractivity contribution in [2.75, 3.05) is 11.1 Å². The summed E-state index contributed by atoms with van der Waals surface area (Å²) < 4.78 is 5.47. The summed E-state index contributed by atoms with van der Waals surface area (Å²) in [5.74, 6) is 0.739. The van der Waals surface area contributed by atoms with E-state index in [0.717, 1.165) is 11.5 Å². The molecular weight excluding hydrogens is 352 g/mol. The number of nitrogen functional groups attached to an aromatic ring is 1. The summed E-state index contributed by atoms with van der Waals surface area (Å²) in [7, 11) is 0. The van der Waals surface area contributed by atoms with Gasteiger partial charge in [-0.1, -0.05) is 30.3 Å². The van der Waals surface area contributed by atoms with Crippen LogP contribution in [0, 0.1) is 0 Å². The summed E-state index contributed by atoms with van der Waals surface area (Å²) in [5, 5.41) is 3.24. The molecule has 0 bridgehead atoms. The molecule has 0 radical (unpaired) electrons. The fourth-order valence-corrected chi connectivity index (χ4v) is 3.44. The first-order chi connectivity index (χ1) is 13.6. The minimum atomic E-state index is -0.0780. The first-order valence-corrected chi connectivity index (χ1v) is 9.13. The van der Waals surface area contributed by atoms with Crippen LogP contribution in [0.25, 0.3) is 0 Å². The summed E-state index contributed by atoms with van der Waals surface area (Å²) in [5.41, 5.74) is 9.14. The Morgan fingerprint density at radius 2 is 1.82 bits per heavy atom. The van der Waals surface area contributed by atoms with E-state index in [-0.39, 0.29) is 17.5 Å². The molecule has 0 spiro atoms. The van der Waals surface area contributed by atoms with Gasteiger partial charge in [0.1, 0.15) is 5.76 Å². The molecule has 1 aliphatic carbocycles. The Kier molecular flexibility index (Phi) is 4.81. The maximum Gasteiger partial charge on any atom is 0.193 e. The number of hydrogen-bond donors (Lipinski definition) is 2. The quantitative estimate of drug-likeness (QED) is 0.507. The van der Waals surface area contributed by atoms with Crippen molar-refractivity contribution in [3.63, 3.8) is 0 Å². The van der Waals surface area contributed by atoms with Crippen LogP contribution < -0.4 is 11.1 Å². The number of nitrogens with two attached hydrogens (primary N) is 1. The first-order valence-electron chi connectivity index (χ1n) is 9.13. The lowest BCUT2D eigenvalue weighted by Gasteiger charge is -2.22. The Hall–Kier alpha value is -3.60. The Bertz CT molecular complexity index is 1040. The maximum absolute atomic E-state index is 12.7.